The molecule has 0 aliphatic heterocycles. The first-order valence-corrected chi connectivity index (χ1v) is 6.42. The molecule has 0 bridgehead atoms. The van der Waals surface area contributed by atoms with Crippen LogP contribution in [0.1, 0.15) is 18.9 Å². The molecule has 1 aromatic carbocycles. The van der Waals surface area contributed by atoms with Gasteiger partial charge in [0.15, 0.2) is 0 Å². The SMILES string of the molecule is CCOCCCNC(=O)C=Cc1ccccc1[N+](=O)[O-]. The van der Waals surface area contributed by atoms with E-state index in [1.807, 2.05) is 6.92 Å². The molecule has 108 valence electrons. The topological polar surface area (TPSA) is 81.5 Å². The summed E-state index contributed by atoms with van der Waals surface area (Å²) in [7, 11) is 0. The van der Waals surface area contributed by atoms with Gasteiger partial charge in [0.2, 0.25) is 5.91 Å². The third kappa shape index (κ3) is 5.62. The molecule has 0 saturated carbocycles. The first kappa shape index (κ1) is 15.8. The number of nitro benzene ring substituents is 1. The van der Waals surface area contributed by atoms with Crippen LogP contribution < -0.4 is 5.32 Å². The summed E-state index contributed by atoms with van der Waals surface area (Å²) < 4.78 is 5.14. The molecule has 0 fully saturated rings. The van der Waals surface area contributed by atoms with Crippen LogP contribution in [-0.4, -0.2) is 30.6 Å². The number of hydrogen-bond donors (Lipinski definition) is 1. The molecule has 1 aromatic rings. The number of carbonyl (C=O) groups is 1. The van der Waals surface area contributed by atoms with Crippen LogP contribution in [0, 0.1) is 10.1 Å². The highest BCUT2D eigenvalue weighted by atomic mass is 16.6. The molecule has 0 aliphatic carbocycles. The number of carbonyl (C=O) groups excluding carboxylic acids is 1. The van der Waals surface area contributed by atoms with Crippen LogP contribution in [0.25, 0.3) is 6.08 Å². The second-order valence-corrected chi connectivity index (χ2v) is 3.99. The predicted octanol–water partition coefficient (Wildman–Crippen LogP) is 2.15. The van der Waals surface area contributed by atoms with Gasteiger partial charge in [0.05, 0.1) is 10.5 Å². The predicted molar refractivity (Wildman–Crippen MR) is 76.3 cm³/mol. The van der Waals surface area contributed by atoms with E-state index in [1.54, 1.807) is 18.2 Å². The second kappa shape index (κ2) is 8.82. The standard InChI is InChI=1S/C14H18N2O4/c1-2-20-11-5-10-15-14(17)9-8-12-6-3-4-7-13(12)16(18)19/h3-4,6-9H,2,5,10-11H2,1H3,(H,15,17). The summed E-state index contributed by atoms with van der Waals surface area (Å²) in [5.41, 5.74) is 0.384. The van der Waals surface area contributed by atoms with Crippen molar-refractivity contribution in [1.29, 1.82) is 0 Å². The van der Waals surface area contributed by atoms with Crippen molar-refractivity contribution in [1.82, 2.24) is 5.32 Å². The lowest BCUT2D eigenvalue weighted by atomic mass is 10.1. The number of rotatable bonds is 8. The van der Waals surface area contributed by atoms with E-state index in [1.165, 1.54) is 18.2 Å². The van der Waals surface area contributed by atoms with Crippen LogP contribution in [0.3, 0.4) is 0 Å². The van der Waals surface area contributed by atoms with E-state index < -0.39 is 4.92 Å². The molecule has 1 amide bonds. The minimum Gasteiger partial charge on any atom is -0.382 e. The van der Waals surface area contributed by atoms with Gasteiger partial charge < -0.3 is 10.1 Å². The van der Waals surface area contributed by atoms with Gasteiger partial charge in [-0.25, -0.2) is 0 Å². The maximum atomic E-state index is 11.5. The van der Waals surface area contributed by atoms with Gasteiger partial charge in [0.25, 0.3) is 5.69 Å². The third-order valence-corrected chi connectivity index (χ3v) is 2.52. The number of nitrogens with zero attached hydrogens (tertiary/aromatic N) is 1. The molecule has 0 aliphatic rings. The van der Waals surface area contributed by atoms with Gasteiger partial charge in [-0.1, -0.05) is 12.1 Å². The fourth-order valence-electron chi connectivity index (χ4n) is 1.55. The first-order valence-electron chi connectivity index (χ1n) is 6.42. The van der Waals surface area contributed by atoms with Gasteiger partial charge in [-0.2, -0.15) is 0 Å². The summed E-state index contributed by atoms with van der Waals surface area (Å²) in [5.74, 6) is -0.278. The summed E-state index contributed by atoms with van der Waals surface area (Å²) in [6, 6.07) is 6.27. The number of amides is 1. The van der Waals surface area contributed by atoms with Crippen molar-refractivity contribution in [2.24, 2.45) is 0 Å². The van der Waals surface area contributed by atoms with E-state index in [0.29, 0.717) is 25.3 Å². The Balaban J connectivity index is 2.47. The van der Waals surface area contributed by atoms with Crippen molar-refractivity contribution in [3.63, 3.8) is 0 Å². The van der Waals surface area contributed by atoms with Gasteiger partial charge in [0, 0.05) is 31.9 Å². The monoisotopic (exact) mass is 278 g/mol. The maximum Gasteiger partial charge on any atom is 0.276 e. The van der Waals surface area contributed by atoms with Gasteiger partial charge >= 0.3 is 0 Å². The Morgan fingerprint density at radius 3 is 2.90 bits per heavy atom. The lowest BCUT2D eigenvalue weighted by Gasteiger charge is -2.02. The normalized spacial score (nSPS) is 10.7. The van der Waals surface area contributed by atoms with E-state index in [2.05, 4.69) is 5.32 Å². The van der Waals surface area contributed by atoms with Gasteiger partial charge in [-0.15, -0.1) is 0 Å². The van der Waals surface area contributed by atoms with E-state index >= 15 is 0 Å². The van der Waals surface area contributed by atoms with E-state index in [9.17, 15) is 14.9 Å². The van der Waals surface area contributed by atoms with Crippen LogP contribution in [0.4, 0.5) is 5.69 Å². The van der Waals surface area contributed by atoms with Crippen LogP contribution in [0.15, 0.2) is 30.3 Å². The highest BCUT2D eigenvalue weighted by molar-refractivity contribution is 5.92. The molecule has 6 nitrogen and oxygen atoms in total. The summed E-state index contributed by atoms with van der Waals surface area (Å²) in [5, 5.41) is 13.5. The largest absolute Gasteiger partial charge is 0.382 e. The van der Waals surface area contributed by atoms with Crippen LogP contribution >= 0.6 is 0 Å². The number of nitro groups is 1. The minimum atomic E-state index is -0.473. The number of hydrogen-bond acceptors (Lipinski definition) is 4. The van der Waals surface area contributed by atoms with Crippen molar-refractivity contribution < 1.29 is 14.5 Å². The van der Waals surface area contributed by atoms with Crippen molar-refractivity contribution in [2.75, 3.05) is 19.8 Å². The highest BCUT2D eigenvalue weighted by Crippen LogP contribution is 2.18. The summed E-state index contributed by atoms with van der Waals surface area (Å²) >= 11 is 0. The van der Waals surface area contributed by atoms with Gasteiger partial charge in [0.1, 0.15) is 0 Å². The lowest BCUT2D eigenvalue weighted by molar-refractivity contribution is -0.385. The van der Waals surface area contributed by atoms with Gasteiger partial charge in [-0.3, -0.25) is 14.9 Å². The van der Waals surface area contributed by atoms with Crippen LogP contribution in [-0.2, 0) is 9.53 Å². The smallest absolute Gasteiger partial charge is 0.276 e. The Morgan fingerprint density at radius 2 is 2.20 bits per heavy atom. The Morgan fingerprint density at radius 1 is 1.45 bits per heavy atom. The quantitative estimate of drug-likeness (QED) is 0.342. The average molecular weight is 278 g/mol. The van der Waals surface area contributed by atoms with E-state index in [-0.39, 0.29) is 11.6 Å². The van der Waals surface area contributed by atoms with E-state index in [4.69, 9.17) is 4.74 Å². The molecular formula is C14H18N2O4. The van der Waals surface area contributed by atoms with Crippen molar-refractivity contribution in [3.8, 4) is 0 Å². The number of nitrogens with one attached hydrogen (secondary N) is 1. The number of para-hydroxylation sites is 1. The molecule has 1 N–H and O–H groups in total. The fourth-order valence-corrected chi connectivity index (χ4v) is 1.55. The molecule has 1 rings (SSSR count). The molecule has 20 heavy (non-hydrogen) atoms. The third-order valence-electron chi connectivity index (χ3n) is 2.52. The Bertz CT molecular complexity index is 486. The number of ether oxygens (including phenoxy) is 1. The van der Waals surface area contributed by atoms with Crippen LogP contribution in [0.2, 0.25) is 0 Å². The summed E-state index contributed by atoms with van der Waals surface area (Å²) in [6.45, 7) is 3.68. The number of benzene rings is 1. The average Bonchev–Trinajstić information content (AvgIpc) is 2.45. The Hall–Kier alpha value is -2.21. The maximum absolute atomic E-state index is 11.5. The van der Waals surface area contributed by atoms with Crippen molar-refractivity contribution >= 4 is 17.7 Å². The minimum absolute atomic E-state index is 0.0205. The summed E-state index contributed by atoms with van der Waals surface area (Å²) in [6.07, 6.45) is 3.47. The zero-order valence-electron chi connectivity index (χ0n) is 11.4. The molecule has 0 unspecified atom stereocenters. The molecule has 0 radical (unpaired) electrons. The molecule has 0 spiro atoms. The first-order chi connectivity index (χ1) is 9.65. The molecule has 0 atom stereocenters. The molecular weight excluding hydrogens is 260 g/mol. The van der Waals surface area contributed by atoms with Crippen molar-refractivity contribution in [3.05, 3.63) is 46.0 Å². The Kier molecular flexibility index (Phi) is 6.99. The molecule has 0 saturated heterocycles. The molecule has 0 heterocycles. The van der Waals surface area contributed by atoms with Crippen LogP contribution in [0.5, 0.6) is 0 Å². The fraction of sp³-hybridized carbons (Fsp3) is 0.357. The Labute approximate surface area is 117 Å². The highest BCUT2D eigenvalue weighted by Gasteiger charge is 2.09. The zero-order chi connectivity index (χ0) is 14.8. The molecule has 6 heteroatoms. The van der Waals surface area contributed by atoms with Crippen molar-refractivity contribution in [2.45, 2.75) is 13.3 Å². The second-order valence-electron chi connectivity index (χ2n) is 3.99. The summed E-state index contributed by atoms with van der Waals surface area (Å²) in [4.78, 5) is 21.8. The van der Waals surface area contributed by atoms with E-state index in [0.717, 1.165) is 6.42 Å². The molecule has 0 aromatic heterocycles. The lowest BCUT2D eigenvalue weighted by Crippen LogP contribution is -2.23. The van der Waals surface area contributed by atoms with Gasteiger partial charge in [-0.05, 0) is 25.5 Å². The zero-order valence-corrected chi connectivity index (χ0v) is 11.4.